The molecule has 7 heteroatoms. The molecule has 1 aromatic heterocycles. The lowest BCUT2D eigenvalue weighted by Crippen LogP contribution is -2.54. The molecule has 2 aliphatic rings. The molecule has 150 valence electrons. The van der Waals surface area contributed by atoms with Crippen LogP contribution in [0.15, 0.2) is 10.6 Å². The van der Waals surface area contributed by atoms with Gasteiger partial charge in [0.15, 0.2) is 5.82 Å². The molecule has 0 bridgehead atoms. The first-order chi connectivity index (χ1) is 12.7. The molecule has 1 aliphatic carbocycles. The second-order valence-corrected chi connectivity index (χ2v) is 9.00. The number of likely N-dealkylation sites (tertiary alicyclic amines) is 1. The van der Waals surface area contributed by atoms with E-state index in [-0.39, 0.29) is 23.1 Å². The van der Waals surface area contributed by atoms with E-state index in [4.69, 9.17) is 4.52 Å². The largest absolute Gasteiger partial charge is 0.380 e. The molecule has 0 spiro atoms. The number of aliphatic hydroxyl groups is 1. The van der Waals surface area contributed by atoms with Crippen LogP contribution in [0.25, 0.3) is 0 Å². The van der Waals surface area contributed by atoms with Crippen LogP contribution in [0.1, 0.15) is 71.5 Å². The number of aromatic nitrogens is 1. The first-order valence-corrected chi connectivity index (χ1v) is 9.99. The van der Waals surface area contributed by atoms with Crippen LogP contribution in [0, 0.1) is 5.92 Å². The third kappa shape index (κ3) is 4.51. The maximum atomic E-state index is 12.8. The number of carbonyl (C=O) groups excluding carboxylic acids is 2. The van der Waals surface area contributed by atoms with Crippen molar-refractivity contribution in [2.75, 3.05) is 18.4 Å². The maximum absolute atomic E-state index is 12.8. The van der Waals surface area contributed by atoms with Gasteiger partial charge in [0.25, 0.3) is 5.91 Å². The summed E-state index contributed by atoms with van der Waals surface area (Å²) in [5, 5.41) is 17.5. The topological polar surface area (TPSA) is 95.7 Å². The van der Waals surface area contributed by atoms with Crippen molar-refractivity contribution in [3.63, 3.8) is 0 Å². The second-order valence-electron chi connectivity index (χ2n) is 9.00. The highest BCUT2D eigenvalue weighted by molar-refractivity contribution is 5.93. The number of piperidine rings is 1. The van der Waals surface area contributed by atoms with Crippen LogP contribution in [-0.4, -0.2) is 45.7 Å². The van der Waals surface area contributed by atoms with E-state index in [0.717, 1.165) is 32.1 Å². The smallest absolute Gasteiger partial charge is 0.254 e. The molecule has 0 aromatic carbocycles. The van der Waals surface area contributed by atoms with Gasteiger partial charge in [-0.3, -0.25) is 9.59 Å². The van der Waals surface area contributed by atoms with Gasteiger partial charge in [-0.25, -0.2) is 0 Å². The van der Waals surface area contributed by atoms with E-state index in [9.17, 15) is 14.7 Å². The Morgan fingerprint density at radius 3 is 2.59 bits per heavy atom. The molecule has 1 atom stereocenters. The minimum absolute atomic E-state index is 0.156. The van der Waals surface area contributed by atoms with Crippen LogP contribution in [0.5, 0.6) is 0 Å². The molecule has 7 nitrogen and oxygen atoms in total. The van der Waals surface area contributed by atoms with Crippen molar-refractivity contribution in [1.82, 2.24) is 10.1 Å². The van der Waals surface area contributed by atoms with E-state index in [0.29, 0.717) is 37.5 Å². The molecular weight excluding hydrogens is 346 g/mol. The molecule has 1 aliphatic heterocycles. The van der Waals surface area contributed by atoms with Crippen molar-refractivity contribution in [3.05, 3.63) is 11.8 Å². The van der Waals surface area contributed by atoms with Crippen LogP contribution in [-0.2, 0) is 15.0 Å². The average molecular weight is 377 g/mol. The summed E-state index contributed by atoms with van der Waals surface area (Å²) in [6, 6.07) is 1.74. The minimum atomic E-state index is -1.25. The Morgan fingerprint density at radius 2 is 1.96 bits per heavy atom. The van der Waals surface area contributed by atoms with E-state index >= 15 is 0 Å². The van der Waals surface area contributed by atoms with E-state index in [1.807, 2.05) is 20.8 Å². The quantitative estimate of drug-likeness (QED) is 0.844. The first kappa shape index (κ1) is 19.9. The Hall–Kier alpha value is -1.89. The normalized spacial score (nSPS) is 23.1. The number of anilines is 1. The lowest BCUT2D eigenvalue weighted by molar-refractivity contribution is -0.157. The van der Waals surface area contributed by atoms with Gasteiger partial charge < -0.3 is 19.8 Å². The summed E-state index contributed by atoms with van der Waals surface area (Å²) in [7, 11) is 0. The van der Waals surface area contributed by atoms with Gasteiger partial charge in [0.05, 0.1) is 5.92 Å². The first-order valence-electron chi connectivity index (χ1n) is 9.99. The van der Waals surface area contributed by atoms with Crippen molar-refractivity contribution in [2.24, 2.45) is 5.92 Å². The standard InChI is InChI=1S/C20H31N3O4/c1-19(2,3)15-12-16(22-27-15)21-17(24)14-8-7-11-23(13-14)18(25)20(26)9-5-4-6-10-20/h12,14,26H,4-11,13H2,1-3H3,(H,21,22,24)/t14-/m1/s1. The summed E-state index contributed by atoms with van der Waals surface area (Å²) in [5.41, 5.74) is -1.43. The van der Waals surface area contributed by atoms with Crippen molar-refractivity contribution in [2.45, 2.75) is 76.7 Å². The summed E-state index contributed by atoms with van der Waals surface area (Å²) in [4.78, 5) is 27.2. The number of hydrogen-bond acceptors (Lipinski definition) is 5. The molecule has 2 N–H and O–H groups in total. The fraction of sp³-hybridized carbons (Fsp3) is 0.750. The molecule has 0 radical (unpaired) electrons. The van der Waals surface area contributed by atoms with E-state index in [1.54, 1.807) is 11.0 Å². The van der Waals surface area contributed by atoms with Crippen LogP contribution in [0.4, 0.5) is 5.82 Å². The Balaban J connectivity index is 1.61. The van der Waals surface area contributed by atoms with Crippen molar-refractivity contribution in [3.8, 4) is 0 Å². The third-order valence-corrected chi connectivity index (χ3v) is 5.66. The molecule has 1 saturated carbocycles. The van der Waals surface area contributed by atoms with E-state index in [1.165, 1.54) is 0 Å². The number of carbonyl (C=O) groups is 2. The zero-order chi connectivity index (χ0) is 19.7. The molecule has 27 heavy (non-hydrogen) atoms. The zero-order valence-electron chi connectivity index (χ0n) is 16.6. The van der Waals surface area contributed by atoms with E-state index < -0.39 is 5.60 Å². The Bertz CT molecular complexity index is 686. The van der Waals surface area contributed by atoms with Crippen LogP contribution < -0.4 is 5.32 Å². The fourth-order valence-corrected chi connectivity index (χ4v) is 3.94. The molecule has 2 heterocycles. The third-order valence-electron chi connectivity index (χ3n) is 5.66. The Morgan fingerprint density at radius 1 is 1.26 bits per heavy atom. The van der Waals surface area contributed by atoms with Crippen LogP contribution in [0.2, 0.25) is 0 Å². The highest BCUT2D eigenvalue weighted by atomic mass is 16.5. The number of nitrogens with zero attached hydrogens (tertiary/aromatic N) is 2. The zero-order valence-corrected chi connectivity index (χ0v) is 16.6. The van der Waals surface area contributed by atoms with Crippen molar-refractivity contribution in [1.29, 1.82) is 0 Å². The summed E-state index contributed by atoms with van der Waals surface area (Å²) >= 11 is 0. The minimum Gasteiger partial charge on any atom is -0.380 e. The number of nitrogens with one attached hydrogen (secondary N) is 1. The van der Waals surface area contributed by atoms with Gasteiger partial charge in [0, 0.05) is 24.6 Å². The SMILES string of the molecule is CC(C)(C)c1cc(NC(=O)[C@@H]2CCCN(C(=O)C3(O)CCCCC3)C2)no1. The fourth-order valence-electron chi connectivity index (χ4n) is 3.94. The van der Waals surface area contributed by atoms with Gasteiger partial charge >= 0.3 is 0 Å². The Labute approximate surface area is 160 Å². The van der Waals surface area contributed by atoms with Crippen molar-refractivity contribution >= 4 is 17.6 Å². The highest BCUT2D eigenvalue weighted by Crippen LogP contribution is 2.31. The molecule has 0 unspecified atom stereocenters. The monoisotopic (exact) mass is 377 g/mol. The average Bonchev–Trinajstić information content (AvgIpc) is 3.11. The van der Waals surface area contributed by atoms with Gasteiger partial charge in [0.1, 0.15) is 11.4 Å². The number of rotatable bonds is 3. The predicted molar refractivity (Wildman–Crippen MR) is 101 cm³/mol. The molecule has 2 fully saturated rings. The van der Waals surface area contributed by atoms with Gasteiger partial charge in [-0.2, -0.15) is 0 Å². The van der Waals surface area contributed by atoms with Crippen LogP contribution in [0.3, 0.4) is 0 Å². The van der Waals surface area contributed by atoms with Gasteiger partial charge in [-0.1, -0.05) is 45.2 Å². The summed E-state index contributed by atoms with van der Waals surface area (Å²) in [5.74, 6) is 0.440. The molecule has 2 amide bonds. The molecule has 1 aromatic rings. The lowest BCUT2D eigenvalue weighted by atomic mass is 9.83. The predicted octanol–water partition coefficient (Wildman–Crippen LogP) is 2.84. The van der Waals surface area contributed by atoms with Crippen molar-refractivity contribution < 1.29 is 19.2 Å². The summed E-state index contributed by atoms with van der Waals surface area (Å²) in [6.45, 7) is 6.99. The van der Waals surface area contributed by atoms with Gasteiger partial charge in [0.2, 0.25) is 5.91 Å². The summed E-state index contributed by atoms with van der Waals surface area (Å²) in [6.07, 6.45) is 5.34. The molecule has 3 rings (SSSR count). The second kappa shape index (κ2) is 7.62. The number of amides is 2. The van der Waals surface area contributed by atoms with Gasteiger partial charge in [-0.05, 0) is 25.7 Å². The highest BCUT2D eigenvalue weighted by Gasteiger charge is 2.42. The molecular formula is C20H31N3O4. The molecule has 1 saturated heterocycles. The van der Waals surface area contributed by atoms with Crippen LogP contribution >= 0.6 is 0 Å². The van der Waals surface area contributed by atoms with E-state index in [2.05, 4.69) is 10.5 Å². The maximum Gasteiger partial charge on any atom is 0.254 e. The number of hydrogen-bond donors (Lipinski definition) is 2. The Kier molecular flexibility index (Phi) is 5.60. The van der Waals surface area contributed by atoms with Gasteiger partial charge in [-0.15, -0.1) is 0 Å². The lowest BCUT2D eigenvalue weighted by Gasteiger charge is -2.39. The summed E-state index contributed by atoms with van der Waals surface area (Å²) < 4.78 is 5.31.